The fraction of sp³-hybridized carbons (Fsp3) is 0.500. The zero-order chi connectivity index (χ0) is 15.6. The van der Waals surface area contributed by atoms with Crippen molar-refractivity contribution >= 4 is 23.4 Å². The molecule has 0 fully saturated rings. The molecular formula is C18H25ClN2S. The maximum absolute atomic E-state index is 6.01. The van der Waals surface area contributed by atoms with Crippen LogP contribution in [-0.4, -0.2) is 15.3 Å². The monoisotopic (exact) mass is 336 g/mol. The number of halogens is 1. The fourth-order valence-electron chi connectivity index (χ4n) is 2.45. The van der Waals surface area contributed by atoms with Crippen LogP contribution in [0.15, 0.2) is 43.0 Å². The van der Waals surface area contributed by atoms with E-state index in [1.54, 1.807) is 0 Å². The van der Waals surface area contributed by atoms with Crippen molar-refractivity contribution in [3.63, 3.8) is 0 Å². The van der Waals surface area contributed by atoms with Crippen molar-refractivity contribution < 1.29 is 0 Å². The smallest absolute Gasteiger partial charge is 0.0946 e. The van der Waals surface area contributed by atoms with E-state index in [1.807, 2.05) is 42.6 Å². The van der Waals surface area contributed by atoms with E-state index >= 15 is 0 Å². The molecule has 0 aliphatic heterocycles. The van der Waals surface area contributed by atoms with Gasteiger partial charge in [0, 0.05) is 29.2 Å². The summed E-state index contributed by atoms with van der Waals surface area (Å²) in [5, 5.41) is 1.26. The zero-order valence-corrected chi connectivity index (χ0v) is 14.8. The van der Waals surface area contributed by atoms with Crippen LogP contribution in [-0.2, 0) is 6.54 Å². The van der Waals surface area contributed by atoms with Gasteiger partial charge in [-0.2, -0.15) is 11.8 Å². The standard InChI is InChI=1S/C18H25ClN2S/c1-2-3-4-5-6-13-22-18(14-21-12-11-20-15-21)16-7-9-17(19)10-8-16/h7-12,15,18H,2-6,13-14H2,1H3. The van der Waals surface area contributed by atoms with Crippen LogP contribution in [0.3, 0.4) is 0 Å². The highest BCUT2D eigenvalue weighted by atomic mass is 35.5. The second-order valence-corrected chi connectivity index (χ2v) is 7.33. The van der Waals surface area contributed by atoms with E-state index in [0.29, 0.717) is 5.25 Å². The Morgan fingerprint density at radius 3 is 2.59 bits per heavy atom. The van der Waals surface area contributed by atoms with Crippen molar-refractivity contribution in [2.75, 3.05) is 5.75 Å². The molecule has 0 bridgehead atoms. The lowest BCUT2D eigenvalue weighted by atomic mass is 10.1. The number of aromatic nitrogens is 2. The molecule has 120 valence electrons. The summed E-state index contributed by atoms with van der Waals surface area (Å²) in [6.45, 7) is 3.22. The van der Waals surface area contributed by atoms with Crippen LogP contribution in [0.2, 0.25) is 5.02 Å². The lowest BCUT2D eigenvalue weighted by molar-refractivity contribution is 0.655. The third-order valence-corrected chi connectivity index (χ3v) is 5.34. The number of unbranched alkanes of at least 4 members (excludes halogenated alkanes) is 4. The molecule has 4 heteroatoms. The predicted molar refractivity (Wildman–Crippen MR) is 97.6 cm³/mol. The molecule has 1 aromatic carbocycles. The van der Waals surface area contributed by atoms with Gasteiger partial charge in [-0.25, -0.2) is 4.98 Å². The lowest BCUT2D eigenvalue weighted by Gasteiger charge is -2.18. The highest BCUT2D eigenvalue weighted by Gasteiger charge is 2.12. The number of benzene rings is 1. The average molecular weight is 337 g/mol. The van der Waals surface area contributed by atoms with Crippen LogP contribution >= 0.6 is 23.4 Å². The predicted octanol–water partition coefficient (Wildman–Crippen LogP) is 5.98. The van der Waals surface area contributed by atoms with Crippen LogP contribution < -0.4 is 0 Å². The summed E-state index contributed by atoms with van der Waals surface area (Å²) in [4.78, 5) is 4.15. The van der Waals surface area contributed by atoms with Crippen LogP contribution in [0.25, 0.3) is 0 Å². The lowest BCUT2D eigenvalue weighted by Crippen LogP contribution is -2.05. The van der Waals surface area contributed by atoms with Gasteiger partial charge in [0.15, 0.2) is 0 Å². The van der Waals surface area contributed by atoms with Gasteiger partial charge < -0.3 is 4.57 Å². The third kappa shape index (κ3) is 6.05. The second kappa shape index (κ2) is 9.96. The van der Waals surface area contributed by atoms with E-state index in [4.69, 9.17) is 11.6 Å². The van der Waals surface area contributed by atoms with Gasteiger partial charge in [-0.05, 0) is 29.9 Å². The number of rotatable bonds is 10. The van der Waals surface area contributed by atoms with Crippen LogP contribution in [0.5, 0.6) is 0 Å². The van der Waals surface area contributed by atoms with Crippen molar-refractivity contribution in [3.8, 4) is 0 Å². The molecular weight excluding hydrogens is 312 g/mol. The number of hydrogen-bond acceptors (Lipinski definition) is 2. The van der Waals surface area contributed by atoms with Gasteiger partial charge >= 0.3 is 0 Å². The molecule has 1 aromatic heterocycles. The summed E-state index contributed by atoms with van der Waals surface area (Å²) in [6, 6.07) is 8.27. The number of nitrogens with zero attached hydrogens (tertiary/aromatic N) is 2. The Balaban J connectivity index is 1.88. The van der Waals surface area contributed by atoms with E-state index in [1.165, 1.54) is 43.4 Å². The minimum absolute atomic E-state index is 0.456. The number of thioether (sulfide) groups is 1. The Morgan fingerprint density at radius 1 is 1.14 bits per heavy atom. The van der Waals surface area contributed by atoms with Gasteiger partial charge in [-0.3, -0.25) is 0 Å². The molecule has 22 heavy (non-hydrogen) atoms. The molecule has 1 atom stereocenters. The molecule has 1 heterocycles. The first kappa shape index (κ1) is 17.4. The molecule has 0 spiro atoms. The number of imidazole rings is 1. The van der Waals surface area contributed by atoms with Crippen molar-refractivity contribution in [1.82, 2.24) is 9.55 Å². The summed E-state index contributed by atoms with van der Waals surface area (Å²) < 4.78 is 2.16. The first-order chi connectivity index (χ1) is 10.8. The van der Waals surface area contributed by atoms with E-state index < -0.39 is 0 Å². The highest BCUT2D eigenvalue weighted by Crippen LogP contribution is 2.32. The van der Waals surface area contributed by atoms with Gasteiger partial charge in [-0.15, -0.1) is 0 Å². The van der Waals surface area contributed by atoms with E-state index in [-0.39, 0.29) is 0 Å². The molecule has 0 radical (unpaired) electrons. The van der Waals surface area contributed by atoms with Gasteiger partial charge in [0.2, 0.25) is 0 Å². The maximum Gasteiger partial charge on any atom is 0.0946 e. The highest BCUT2D eigenvalue weighted by molar-refractivity contribution is 7.99. The minimum Gasteiger partial charge on any atom is -0.336 e. The first-order valence-electron chi connectivity index (χ1n) is 8.12. The second-order valence-electron chi connectivity index (χ2n) is 5.58. The molecule has 0 saturated heterocycles. The van der Waals surface area contributed by atoms with Gasteiger partial charge in [0.25, 0.3) is 0 Å². The summed E-state index contributed by atoms with van der Waals surface area (Å²) >= 11 is 8.06. The Bertz CT molecular complexity index is 510. The maximum atomic E-state index is 6.01. The van der Waals surface area contributed by atoms with Crippen molar-refractivity contribution in [2.45, 2.75) is 50.8 Å². The topological polar surface area (TPSA) is 17.8 Å². The van der Waals surface area contributed by atoms with Crippen molar-refractivity contribution in [3.05, 3.63) is 53.6 Å². The quantitative estimate of drug-likeness (QED) is 0.496. The molecule has 1 unspecified atom stereocenters. The van der Waals surface area contributed by atoms with Crippen LogP contribution in [0.4, 0.5) is 0 Å². The molecule has 0 aliphatic carbocycles. The van der Waals surface area contributed by atoms with Crippen molar-refractivity contribution in [1.29, 1.82) is 0 Å². The molecule has 2 rings (SSSR count). The third-order valence-electron chi connectivity index (χ3n) is 3.74. The molecule has 0 saturated carbocycles. The average Bonchev–Trinajstić information content (AvgIpc) is 3.03. The van der Waals surface area contributed by atoms with Crippen LogP contribution in [0, 0.1) is 0 Å². The SMILES string of the molecule is CCCCCCCSC(Cn1ccnc1)c1ccc(Cl)cc1. The Labute approximate surface area is 143 Å². The normalized spacial score (nSPS) is 12.5. The van der Waals surface area contributed by atoms with Gasteiger partial charge in [0.1, 0.15) is 0 Å². The van der Waals surface area contributed by atoms with E-state index in [9.17, 15) is 0 Å². The summed E-state index contributed by atoms with van der Waals surface area (Å²) in [5.41, 5.74) is 1.34. The first-order valence-corrected chi connectivity index (χ1v) is 9.55. The number of hydrogen-bond donors (Lipinski definition) is 0. The molecule has 0 aliphatic rings. The Hall–Kier alpha value is -0.930. The summed E-state index contributed by atoms with van der Waals surface area (Å²) in [7, 11) is 0. The summed E-state index contributed by atoms with van der Waals surface area (Å²) in [6.07, 6.45) is 12.5. The molecule has 0 N–H and O–H groups in total. The minimum atomic E-state index is 0.456. The zero-order valence-electron chi connectivity index (χ0n) is 13.2. The van der Waals surface area contributed by atoms with Gasteiger partial charge in [-0.1, -0.05) is 56.3 Å². The fourth-order valence-corrected chi connectivity index (χ4v) is 3.86. The van der Waals surface area contributed by atoms with E-state index in [2.05, 4.69) is 28.6 Å². The Kier molecular flexibility index (Phi) is 7.89. The van der Waals surface area contributed by atoms with Crippen molar-refractivity contribution in [2.24, 2.45) is 0 Å². The molecule has 2 aromatic rings. The largest absolute Gasteiger partial charge is 0.336 e. The Morgan fingerprint density at radius 2 is 1.91 bits per heavy atom. The van der Waals surface area contributed by atoms with Crippen LogP contribution in [0.1, 0.15) is 49.8 Å². The molecule has 2 nitrogen and oxygen atoms in total. The van der Waals surface area contributed by atoms with E-state index in [0.717, 1.165) is 11.6 Å². The summed E-state index contributed by atoms with van der Waals surface area (Å²) in [5.74, 6) is 1.21. The molecule has 0 amide bonds. The van der Waals surface area contributed by atoms with Gasteiger partial charge in [0.05, 0.1) is 6.33 Å².